The first-order valence-corrected chi connectivity index (χ1v) is 11.7. The highest BCUT2D eigenvalue weighted by atomic mass is 32.2. The summed E-state index contributed by atoms with van der Waals surface area (Å²) in [5, 5.41) is 11.7. The normalized spacial score (nSPS) is 23.7. The number of allylic oxidation sites excluding steroid dienone is 1. The Morgan fingerprint density at radius 2 is 2.03 bits per heavy atom. The number of benzene rings is 1. The van der Waals surface area contributed by atoms with Gasteiger partial charge in [0.1, 0.15) is 16.2 Å². The van der Waals surface area contributed by atoms with Crippen molar-refractivity contribution < 1.29 is 17.9 Å². The van der Waals surface area contributed by atoms with Crippen LogP contribution in [-0.4, -0.2) is 47.4 Å². The van der Waals surface area contributed by atoms with Crippen LogP contribution in [0.4, 0.5) is 17.5 Å². The molecule has 1 saturated carbocycles. The zero-order valence-corrected chi connectivity index (χ0v) is 18.3. The number of anilines is 3. The van der Waals surface area contributed by atoms with Crippen molar-refractivity contribution in [1.82, 2.24) is 19.9 Å². The van der Waals surface area contributed by atoms with Crippen LogP contribution in [0.3, 0.4) is 0 Å². The van der Waals surface area contributed by atoms with Crippen molar-refractivity contribution in [2.45, 2.75) is 17.4 Å². The number of primary sulfonamides is 1. The number of imidazole rings is 1. The third kappa shape index (κ3) is 3.74. The van der Waals surface area contributed by atoms with E-state index in [0.717, 1.165) is 6.42 Å². The molecule has 1 fully saturated rings. The van der Waals surface area contributed by atoms with E-state index in [1.54, 1.807) is 6.07 Å². The van der Waals surface area contributed by atoms with Crippen LogP contribution >= 0.6 is 0 Å². The molecule has 7 N–H and O–H groups in total. The van der Waals surface area contributed by atoms with Crippen molar-refractivity contribution in [2.75, 3.05) is 17.7 Å². The molecular weight excluding hydrogens is 448 g/mol. The van der Waals surface area contributed by atoms with E-state index >= 15 is 0 Å². The van der Waals surface area contributed by atoms with E-state index in [0.29, 0.717) is 22.7 Å². The number of hydrogen-bond acceptors (Lipinski definition) is 9. The lowest BCUT2D eigenvalue weighted by Gasteiger charge is -2.27. The van der Waals surface area contributed by atoms with Crippen molar-refractivity contribution >= 4 is 44.5 Å². The van der Waals surface area contributed by atoms with Gasteiger partial charge in [-0.3, -0.25) is 4.79 Å². The molecule has 5 rings (SSSR count). The molecular formula is C20H22N8O4S. The summed E-state index contributed by atoms with van der Waals surface area (Å²) in [5.41, 5.74) is 7.04. The molecule has 4 atom stereocenters. The maximum absolute atomic E-state index is 12.1. The molecule has 2 aliphatic carbocycles. The second-order valence-electron chi connectivity index (χ2n) is 8.08. The fourth-order valence-electron chi connectivity index (χ4n) is 4.66. The maximum Gasteiger partial charge on any atom is 0.241 e. The smallest absolute Gasteiger partial charge is 0.241 e. The molecule has 2 bridgehead atoms. The van der Waals surface area contributed by atoms with E-state index in [1.807, 2.05) is 6.08 Å². The Kier molecular flexibility index (Phi) is 4.94. The summed E-state index contributed by atoms with van der Waals surface area (Å²) in [5.74, 6) is 0.327. The number of methoxy groups -OCH3 is 1. The van der Waals surface area contributed by atoms with Crippen molar-refractivity contribution in [3.05, 3.63) is 36.7 Å². The minimum Gasteiger partial charge on any atom is -0.495 e. The first kappa shape index (κ1) is 21.2. The Bertz CT molecular complexity index is 1390. The lowest BCUT2D eigenvalue weighted by Crippen LogP contribution is -2.41. The molecule has 4 unspecified atom stereocenters. The average Bonchev–Trinajstić information content (AvgIpc) is 3.49. The number of nitrogens with one attached hydrogen (secondary N) is 3. The van der Waals surface area contributed by atoms with Crippen LogP contribution in [0.5, 0.6) is 5.75 Å². The number of nitrogens with zero attached hydrogens (tertiary/aromatic N) is 3. The lowest BCUT2D eigenvalue weighted by molar-refractivity contribution is -0.122. The summed E-state index contributed by atoms with van der Waals surface area (Å²) in [6.45, 7) is 0. The Labute approximate surface area is 188 Å². The summed E-state index contributed by atoms with van der Waals surface area (Å²) in [7, 11) is -2.66. The Morgan fingerprint density at radius 3 is 2.76 bits per heavy atom. The van der Waals surface area contributed by atoms with E-state index in [1.165, 1.54) is 25.6 Å². The molecule has 0 aliphatic heterocycles. The summed E-state index contributed by atoms with van der Waals surface area (Å²) in [6, 6.07) is 4.22. The molecule has 172 valence electrons. The molecule has 2 heterocycles. The number of fused-ring (bicyclic) bond motifs is 3. The number of hydrogen-bond donors (Lipinski definition) is 5. The highest BCUT2D eigenvalue weighted by Crippen LogP contribution is 2.45. The topological polar surface area (TPSA) is 191 Å². The van der Waals surface area contributed by atoms with Gasteiger partial charge in [-0.2, -0.15) is 9.97 Å². The summed E-state index contributed by atoms with van der Waals surface area (Å²) in [4.78, 5) is 28.1. The average molecular weight is 471 g/mol. The lowest BCUT2D eigenvalue weighted by atomic mass is 9.88. The van der Waals surface area contributed by atoms with Crippen molar-refractivity contribution in [3.63, 3.8) is 0 Å². The number of aromatic amines is 1. The van der Waals surface area contributed by atoms with E-state index in [2.05, 4.69) is 36.6 Å². The van der Waals surface area contributed by atoms with Crippen molar-refractivity contribution in [3.8, 4) is 5.75 Å². The highest BCUT2D eigenvalue weighted by Gasteiger charge is 2.47. The van der Waals surface area contributed by atoms with Gasteiger partial charge in [-0.05, 0) is 36.5 Å². The second kappa shape index (κ2) is 7.71. The van der Waals surface area contributed by atoms with Gasteiger partial charge >= 0.3 is 0 Å². The number of rotatable bonds is 7. The van der Waals surface area contributed by atoms with Gasteiger partial charge in [0.2, 0.25) is 21.9 Å². The number of ether oxygens (including phenoxy) is 1. The predicted octanol–water partition coefficient (Wildman–Crippen LogP) is 0.840. The standard InChI is InChI=1S/C20H22N8O4S/c1-32-12-5-4-11(7-13(12)33(22,30)31)25-20-27-18-16(23-8-24-18)19(28-20)26-15-10-3-2-9(6-10)14(15)17(21)29/h2-5,7-10,14-15H,6H2,1H3,(H2,21,29)(H2,22,30,31)(H3,23,24,25,26,27,28). The number of nitrogens with two attached hydrogens (primary N) is 2. The highest BCUT2D eigenvalue weighted by molar-refractivity contribution is 7.89. The molecule has 33 heavy (non-hydrogen) atoms. The first-order valence-electron chi connectivity index (χ1n) is 10.2. The molecule has 0 spiro atoms. The fraction of sp³-hybridized carbons (Fsp3) is 0.300. The summed E-state index contributed by atoms with van der Waals surface area (Å²) >= 11 is 0. The van der Waals surface area contributed by atoms with Gasteiger partial charge in [-0.15, -0.1) is 0 Å². The molecule has 12 nitrogen and oxygen atoms in total. The number of H-pyrrole nitrogens is 1. The molecule has 3 aromatic rings. The molecule has 0 radical (unpaired) electrons. The molecule has 2 aliphatic rings. The molecule has 1 amide bonds. The second-order valence-corrected chi connectivity index (χ2v) is 9.61. The zero-order valence-electron chi connectivity index (χ0n) is 17.5. The summed E-state index contributed by atoms with van der Waals surface area (Å²) in [6.07, 6.45) is 6.49. The largest absolute Gasteiger partial charge is 0.495 e. The van der Waals surface area contributed by atoms with E-state index < -0.39 is 10.0 Å². The number of sulfonamides is 1. The van der Waals surface area contributed by atoms with Crippen LogP contribution in [0, 0.1) is 17.8 Å². The van der Waals surface area contributed by atoms with Crippen molar-refractivity contribution in [1.29, 1.82) is 0 Å². The number of carbonyl (C=O) groups excluding carboxylic acids is 1. The van der Waals surface area contributed by atoms with Crippen LogP contribution in [0.1, 0.15) is 6.42 Å². The van der Waals surface area contributed by atoms with Gasteiger partial charge in [0.05, 0.1) is 19.4 Å². The van der Waals surface area contributed by atoms with E-state index in [-0.39, 0.29) is 46.3 Å². The minimum absolute atomic E-state index is 0.109. The Balaban J connectivity index is 1.49. The Morgan fingerprint density at radius 1 is 1.24 bits per heavy atom. The third-order valence-corrected chi connectivity index (χ3v) is 7.04. The molecule has 2 aromatic heterocycles. The predicted molar refractivity (Wildman–Crippen MR) is 120 cm³/mol. The molecule has 1 aromatic carbocycles. The van der Waals surface area contributed by atoms with Gasteiger partial charge in [0.25, 0.3) is 0 Å². The summed E-state index contributed by atoms with van der Waals surface area (Å²) < 4.78 is 28.9. The maximum atomic E-state index is 12.1. The van der Waals surface area contributed by atoms with Gasteiger partial charge in [0.15, 0.2) is 11.5 Å². The third-order valence-electron chi connectivity index (χ3n) is 6.10. The molecule has 0 saturated heterocycles. The van der Waals surface area contributed by atoms with Crippen LogP contribution in [0.25, 0.3) is 11.2 Å². The quantitative estimate of drug-likeness (QED) is 0.311. The molecule has 13 heteroatoms. The van der Waals surface area contributed by atoms with Gasteiger partial charge < -0.3 is 26.1 Å². The van der Waals surface area contributed by atoms with E-state index in [4.69, 9.17) is 15.6 Å². The van der Waals surface area contributed by atoms with E-state index in [9.17, 15) is 13.2 Å². The number of primary amides is 1. The fourth-order valence-corrected chi connectivity index (χ4v) is 5.39. The van der Waals surface area contributed by atoms with Crippen LogP contribution in [0.15, 0.2) is 41.6 Å². The van der Waals surface area contributed by atoms with Gasteiger partial charge in [-0.1, -0.05) is 12.2 Å². The van der Waals surface area contributed by atoms with Crippen LogP contribution in [-0.2, 0) is 14.8 Å². The van der Waals surface area contributed by atoms with Gasteiger partial charge in [-0.25, -0.2) is 18.5 Å². The zero-order chi connectivity index (χ0) is 23.3. The SMILES string of the molecule is COc1ccc(Nc2nc(NC3C4C=CC(C4)C3C(N)=O)c3[nH]cnc3n2)cc1S(N)(=O)=O. The van der Waals surface area contributed by atoms with Crippen molar-refractivity contribution in [2.24, 2.45) is 28.6 Å². The first-order chi connectivity index (χ1) is 15.7. The number of aromatic nitrogens is 4. The number of amides is 1. The minimum atomic E-state index is -4.01. The Hall–Kier alpha value is -3.71. The van der Waals surface area contributed by atoms with Crippen LogP contribution in [0.2, 0.25) is 0 Å². The van der Waals surface area contributed by atoms with Crippen LogP contribution < -0.4 is 26.2 Å². The monoisotopic (exact) mass is 470 g/mol. The number of carbonyl (C=O) groups is 1. The van der Waals surface area contributed by atoms with Gasteiger partial charge in [0, 0.05) is 11.7 Å².